The van der Waals surface area contributed by atoms with Gasteiger partial charge in [0.05, 0.1) is 38.9 Å². The number of pyridine rings is 2. The molecule has 0 atom stereocenters. The summed E-state index contributed by atoms with van der Waals surface area (Å²) in [7, 11) is 4.02. The third-order valence-corrected chi connectivity index (χ3v) is 7.78. The maximum absolute atomic E-state index is 12.2. The molecule has 2 aromatic carbocycles. The second-order valence-corrected chi connectivity index (χ2v) is 11.1. The van der Waals surface area contributed by atoms with Crippen LogP contribution in [-0.4, -0.2) is 33.4 Å². The van der Waals surface area contributed by atoms with Crippen LogP contribution < -0.4 is 29.1 Å². The molecule has 0 aliphatic rings. The number of rotatable bonds is 13. The zero-order chi connectivity index (χ0) is 33.3. The van der Waals surface area contributed by atoms with E-state index in [1.165, 1.54) is 12.4 Å². The van der Waals surface area contributed by atoms with E-state index < -0.39 is 0 Å². The van der Waals surface area contributed by atoms with Crippen molar-refractivity contribution in [2.24, 2.45) is 24.3 Å². The first-order chi connectivity index (χ1) is 23.4. The Balaban J connectivity index is 0.874. The number of hydrazone groups is 2. The molecule has 0 bridgehead atoms. The predicted octanol–water partition coefficient (Wildman–Crippen LogP) is 3.38. The summed E-state index contributed by atoms with van der Waals surface area (Å²) >= 11 is 0. The van der Waals surface area contributed by atoms with E-state index in [0.29, 0.717) is 13.2 Å². The van der Waals surface area contributed by atoms with E-state index in [4.69, 9.17) is 9.47 Å². The zero-order valence-electron chi connectivity index (χ0n) is 26.7. The van der Waals surface area contributed by atoms with Gasteiger partial charge in [0.2, 0.25) is 11.8 Å². The van der Waals surface area contributed by atoms with E-state index in [-0.39, 0.29) is 24.7 Å². The molecule has 6 rings (SSSR count). The van der Waals surface area contributed by atoms with Crippen LogP contribution in [0.5, 0.6) is 11.5 Å². The van der Waals surface area contributed by atoms with Crippen molar-refractivity contribution in [2.75, 3.05) is 0 Å². The predicted molar refractivity (Wildman–Crippen MR) is 179 cm³/mol. The van der Waals surface area contributed by atoms with Crippen LogP contribution in [0.2, 0.25) is 0 Å². The highest BCUT2D eigenvalue weighted by atomic mass is 16.5. The molecule has 6 aromatic rings. The smallest absolute Gasteiger partial charge is 0.286 e. The van der Waals surface area contributed by atoms with E-state index in [2.05, 4.69) is 39.0 Å². The Bertz CT molecular complexity index is 1950. The normalized spacial score (nSPS) is 11.5. The van der Waals surface area contributed by atoms with Gasteiger partial charge in [0.1, 0.15) is 23.9 Å². The summed E-state index contributed by atoms with van der Waals surface area (Å²) in [4.78, 5) is 24.3. The van der Waals surface area contributed by atoms with Crippen LogP contribution in [0.25, 0.3) is 11.3 Å². The average molecular weight is 645 g/mol. The van der Waals surface area contributed by atoms with Crippen molar-refractivity contribution in [3.05, 3.63) is 132 Å². The molecule has 12 heteroatoms. The minimum atomic E-state index is -0.379. The minimum Gasteiger partial charge on any atom is -0.485 e. The number of imidazole rings is 2. The molecule has 0 unspecified atom stereocenters. The lowest BCUT2D eigenvalue weighted by atomic mass is 10.2. The highest BCUT2D eigenvalue weighted by Crippen LogP contribution is 2.15. The van der Waals surface area contributed by atoms with Crippen LogP contribution in [0.15, 0.2) is 120 Å². The lowest BCUT2D eigenvalue weighted by molar-refractivity contribution is -0.511. The molecule has 48 heavy (non-hydrogen) atoms. The molecule has 2 amide bonds. The number of ether oxygens (including phenoxy) is 2. The molecule has 0 aliphatic carbocycles. The Morgan fingerprint density at radius 3 is 1.46 bits per heavy atom. The first-order valence-corrected chi connectivity index (χ1v) is 15.4. The molecule has 0 fully saturated rings. The fourth-order valence-electron chi connectivity index (χ4n) is 5.05. The zero-order valence-corrected chi connectivity index (χ0v) is 26.7. The number of benzene rings is 2. The number of aryl methyl sites for hydroxylation is 2. The van der Waals surface area contributed by atoms with E-state index >= 15 is 0 Å². The van der Waals surface area contributed by atoms with Crippen LogP contribution in [0.1, 0.15) is 35.4 Å². The quantitative estimate of drug-likeness (QED) is 0.114. The largest absolute Gasteiger partial charge is 0.485 e. The number of hydrogen-bond donors (Lipinski definition) is 2. The monoisotopic (exact) mass is 644 g/mol. The summed E-state index contributed by atoms with van der Waals surface area (Å²) in [6, 6.07) is 26.8. The summed E-state index contributed by atoms with van der Waals surface area (Å²) in [5.74, 6) is 0.683. The highest BCUT2D eigenvalue weighted by molar-refractivity contribution is 5.86. The molecule has 242 valence electrons. The second-order valence-electron chi connectivity index (χ2n) is 11.1. The number of aromatic nitrogens is 4. The summed E-state index contributed by atoms with van der Waals surface area (Å²) in [6.45, 7) is 0.854. The van der Waals surface area contributed by atoms with Crippen LogP contribution in [0.4, 0.5) is 0 Å². The van der Waals surface area contributed by atoms with Crippen molar-refractivity contribution in [2.45, 2.75) is 26.1 Å². The summed E-state index contributed by atoms with van der Waals surface area (Å²) in [5, 5.41) is 7.97. The van der Waals surface area contributed by atoms with Crippen molar-refractivity contribution in [1.29, 1.82) is 0 Å². The molecule has 0 saturated carbocycles. The number of hydrogen-bond acceptors (Lipinski definition) is 6. The molecular weight excluding hydrogens is 608 g/mol. The fourth-order valence-corrected chi connectivity index (χ4v) is 5.05. The van der Waals surface area contributed by atoms with Gasteiger partial charge in [0.25, 0.3) is 11.3 Å². The van der Waals surface area contributed by atoms with Gasteiger partial charge in [0, 0.05) is 25.0 Å². The van der Waals surface area contributed by atoms with Gasteiger partial charge in [-0.2, -0.15) is 10.2 Å². The average Bonchev–Trinajstić information content (AvgIpc) is 3.61. The van der Waals surface area contributed by atoms with Gasteiger partial charge in [-0.1, -0.05) is 12.1 Å². The Hall–Kier alpha value is -6.30. The van der Waals surface area contributed by atoms with E-state index in [1.807, 2.05) is 124 Å². The van der Waals surface area contributed by atoms with Gasteiger partial charge in [-0.15, -0.1) is 0 Å². The Morgan fingerprint density at radius 1 is 0.646 bits per heavy atom. The SMILES string of the molecule is Cn1c(COc2ccc(/C=N\NC(=O)CCC(=O)N/N=C/c3ccc(OCc4c[n+]5ccccc5n4C)cc3)cc2)c[n+]2ccccc12. The highest BCUT2D eigenvalue weighted by Gasteiger charge is 2.15. The number of carbonyl (C=O) groups excluding carboxylic acids is 2. The van der Waals surface area contributed by atoms with Gasteiger partial charge in [0.15, 0.2) is 24.6 Å². The maximum Gasteiger partial charge on any atom is 0.286 e. The molecule has 0 aliphatic heterocycles. The van der Waals surface area contributed by atoms with Crippen LogP contribution in [0, 0.1) is 0 Å². The van der Waals surface area contributed by atoms with E-state index in [9.17, 15) is 9.59 Å². The number of carbonyl (C=O) groups is 2. The van der Waals surface area contributed by atoms with Gasteiger partial charge >= 0.3 is 0 Å². The van der Waals surface area contributed by atoms with Crippen molar-refractivity contribution < 1.29 is 27.9 Å². The number of amides is 2. The topological polar surface area (TPSA) is 119 Å². The summed E-state index contributed by atoms with van der Waals surface area (Å²) < 4.78 is 20.2. The first kappa shape index (κ1) is 31.7. The minimum absolute atomic E-state index is 0.0286. The van der Waals surface area contributed by atoms with Gasteiger partial charge in [-0.25, -0.2) is 28.8 Å². The molecule has 0 spiro atoms. The van der Waals surface area contributed by atoms with Gasteiger partial charge < -0.3 is 9.47 Å². The summed E-state index contributed by atoms with van der Waals surface area (Å²) in [6.07, 6.45) is 11.1. The van der Waals surface area contributed by atoms with Crippen molar-refractivity contribution in [3.63, 3.8) is 0 Å². The Kier molecular flexibility index (Phi) is 9.81. The van der Waals surface area contributed by atoms with Gasteiger partial charge in [-0.3, -0.25) is 9.59 Å². The standard InChI is InChI=1S/C36H34N8O4/c1-41-29(23-43-19-5-3-7-35(41)43)25-47-31-13-9-27(10-14-31)21-37-39-33(45)17-18-34(46)40-38-22-28-11-15-32(16-12-28)48-26-30-24-44-20-6-4-8-36(44)42(30)2/h3-16,19-24H,17-18,25-26H2,1-2H3/p+2/b37-21-,38-22+. The number of nitrogens with zero attached hydrogens (tertiary/aromatic N) is 6. The third kappa shape index (κ3) is 7.91. The van der Waals surface area contributed by atoms with Crippen molar-refractivity contribution in [3.8, 4) is 11.5 Å². The third-order valence-electron chi connectivity index (χ3n) is 7.78. The lowest BCUT2D eigenvalue weighted by Gasteiger charge is -2.04. The number of nitrogens with one attached hydrogen (secondary N) is 2. The van der Waals surface area contributed by atoms with Gasteiger partial charge in [-0.05, 0) is 71.8 Å². The lowest BCUT2D eigenvalue weighted by Crippen LogP contribution is -2.22. The molecule has 2 N–H and O–H groups in total. The van der Waals surface area contributed by atoms with Crippen LogP contribution in [0.3, 0.4) is 0 Å². The molecule has 0 radical (unpaired) electrons. The maximum atomic E-state index is 12.2. The Labute approximate surface area is 277 Å². The second kappa shape index (κ2) is 14.9. The first-order valence-electron chi connectivity index (χ1n) is 15.4. The van der Waals surface area contributed by atoms with Crippen LogP contribution >= 0.6 is 0 Å². The fraction of sp³-hybridized carbons (Fsp3) is 0.167. The summed E-state index contributed by atoms with van der Waals surface area (Å²) in [5.41, 5.74) is 10.7. The number of fused-ring (bicyclic) bond motifs is 2. The molecule has 12 nitrogen and oxygen atoms in total. The Morgan fingerprint density at radius 2 is 1.06 bits per heavy atom. The van der Waals surface area contributed by atoms with Crippen molar-refractivity contribution in [1.82, 2.24) is 20.0 Å². The molecule has 4 aromatic heterocycles. The van der Waals surface area contributed by atoms with E-state index in [0.717, 1.165) is 45.3 Å². The molecular formula is C36H36N8O4+2. The van der Waals surface area contributed by atoms with E-state index in [1.54, 1.807) is 0 Å². The molecule has 4 heterocycles. The van der Waals surface area contributed by atoms with Crippen LogP contribution in [-0.2, 0) is 36.9 Å². The van der Waals surface area contributed by atoms with Crippen molar-refractivity contribution >= 4 is 35.5 Å². The molecule has 0 saturated heterocycles.